The van der Waals surface area contributed by atoms with E-state index in [0.29, 0.717) is 18.0 Å². The average Bonchev–Trinajstić information content (AvgIpc) is 2.78. The van der Waals surface area contributed by atoms with Crippen molar-refractivity contribution in [1.82, 2.24) is 4.98 Å². The summed E-state index contributed by atoms with van der Waals surface area (Å²) in [4.78, 5) is 16.9. The van der Waals surface area contributed by atoms with Crippen molar-refractivity contribution in [2.24, 2.45) is 0 Å². The molecule has 0 bridgehead atoms. The first kappa shape index (κ1) is 22.0. The number of methoxy groups -OCH3 is 2. The van der Waals surface area contributed by atoms with E-state index in [0.717, 1.165) is 11.1 Å². The van der Waals surface area contributed by atoms with Crippen LogP contribution in [-0.2, 0) is 10.2 Å². The van der Waals surface area contributed by atoms with Gasteiger partial charge in [-0.25, -0.2) is 0 Å². The number of anilines is 1. The van der Waals surface area contributed by atoms with Crippen molar-refractivity contribution in [3.05, 3.63) is 71.8 Å². The minimum atomic E-state index is -0.513. The van der Waals surface area contributed by atoms with Crippen LogP contribution < -0.4 is 14.8 Å². The molecule has 1 aromatic heterocycles. The van der Waals surface area contributed by atoms with E-state index in [1.807, 2.05) is 31.2 Å². The summed E-state index contributed by atoms with van der Waals surface area (Å²) >= 11 is 0. The molecule has 1 amide bonds. The predicted molar refractivity (Wildman–Crippen MR) is 118 cm³/mol. The molecule has 1 heterocycles. The number of aromatic nitrogens is 1. The highest BCUT2D eigenvalue weighted by molar-refractivity contribution is 5.92. The summed E-state index contributed by atoms with van der Waals surface area (Å²) in [5.74, 6) is 0.825. The van der Waals surface area contributed by atoms with Crippen molar-refractivity contribution in [1.29, 1.82) is 0 Å². The lowest BCUT2D eigenvalue weighted by molar-refractivity contribution is -0.116. The van der Waals surface area contributed by atoms with Crippen LogP contribution >= 0.6 is 0 Å². The van der Waals surface area contributed by atoms with Gasteiger partial charge in [-0.2, -0.15) is 4.98 Å². The fourth-order valence-corrected chi connectivity index (χ4v) is 3.48. The third kappa shape index (κ3) is 5.06. The third-order valence-corrected chi connectivity index (χ3v) is 5.37. The number of nitrogens with one attached hydrogen (secondary N) is 1. The minimum absolute atomic E-state index is 0.175. The SMILES string of the molecule is COc1ccc(NC(=O)CCC(C)(c2ccc(O)cc2)c2ccc(O)cc2)c(OC)n1. The largest absolute Gasteiger partial charge is 0.508 e. The van der Waals surface area contributed by atoms with Crippen molar-refractivity contribution in [3.8, 4) is 23.3 Å². The molecule has 3 aromatic rings. The van der Waals surface area contributed by atoms with Gasteiger partial charge in [0.05, 0.1) is 14.2 Å². The molecule has 0 aliphatic rings. The molecule has 0 aliphatic carbocycles. The molecule has 0 aliphatic heterocycles. The number of nitrogens with zero attached hydrogens (tertiary/aromatic N) is 1. The number of hydrogen-bond donors (Lipinski definition) is 3. The normalized spacial score (nSPS) is 11.1. The molecule has 0 saturated heterocycles. The van der Waals surface area contributed by atoms with Gasteiger partial charge in [0.1, 0.15) is 17.2 Å². The molecule has 0 atom stereocenters. The number of hydrogen-bond acceptors (Lipinski definition) is 6. The zero-order chi connectivity index (χ0) is 22.4. The monoisotopic (exact) mass is 422 g/mol. The second-order valence-corrected chi connectivity index (χ2v) is 7.38. The van der Waals surface area contributed by atoms with Gasteiger partial charge in [-0.15, -0.1) is 0 Å². The first-order valence-electron chi connectivity index (χ1n) is 9.83. The topological polar surface area (TPSA) is 101 Å². The molecule has 0 spiro atoms. The highest BCUT2D eigenvalue weighted by atomic mass is 16.5. The molecule has 3 rings (SSSR count). The van der Waals surface area contributed by atoms with Crippen LogP contribution in [0.3, 0.4) is 0 Å². The maximum atomic E-state index is 12.7. The van der Waals surface area contributed by atoms with Crippen molar-refractivity contribution in [2.45, 2.75) is 25.2 Å². The first-order valence-corrected chi connectivity index (χ1v) is 9.83. The summed E-state index contributed by atoms with van der Waals surface area (Å²) in [5.41, 5.74) is 1.85. The second-order valence-electron chi connectivity index (χ2n) is 7.38. The Morgan fingerprint density at radius 3 is 1.94 bits per heavy atom. The van der Waals surface area contributed by atoms with E-state index in [1.165, 1.54) is 14.2 Å². The van der Waals surface area contributed by atoms with E-state index in [4.69, 9.17) is 9.47 Å². The molecular weight excluding hydrogens is 396 g/mol. The van der Waals surface area contributed by atoms with Gasteiger partial charge in [-0.1, -0.05) is 31.2 Å². The zero-order valence-corrected chi connectivity index (χ0v) is 17.8. The predicted octanol–water partition coefficient (Wildman–Crippen LogP) is 4.23. The molecule has 0 unspecified atom stereocenters. The number of pyridine rings is 1. The molecule has 162 valence electrons. The van der Waals surface area contributed by atoms with Gasteiger partial charge >= 0.3 is 0 Å². The van der Waals surface area contributed by atoms with Crippen LogP contribution in [0.5, 0.6) is 23.3 Å². The molecule has 0 saturated carbocycles. The Hall–Kier alpha value is -3.74. The van der Waals surface area contributed by atoms with Gasteiger partial charge in [-0.05, 0) is 47.9 Å². The number of benzene rings is 2. The van der Waals surface area contributed by atoms with Gasteiger partial charge in [0.25, 0.3) is 0 Å². The summed E-state index contributed by atoms with van der Waals surface area (Å²) in [7, 11) is 2.98. The molecule has 7 nitrogen and oxygen atoms in total. The molecule has 31 heavy (non-hydrogen) atoms. The summed E-state index contributed by atoms with van der Waals surface area (Å²) < 4.78 is 10.3. The third-order valence-electron chi connectivity index (χ3n) is 5.37. The van der Waals surface area contributed by atoms with Gasteiger partial charge in [-0.3, -0.25) is 4.79 Å². The number of rotatable bonds is 8. The fourth-order valence-electron chi connectivity index (χ4n) is 3.48. The van der Waals surface area contributed by atoms with Crippen LogP contribution in [-0.4, -0.2) is 35.3 Å². The van der Waals surface area contributed by atoms with Crippen LogP contribution in [0.25, 0.3) is 0 Å². The standard InChI is InChI=1S/C24H26N2O5/c1-24(16-4-8-18(27)9-5-16,17-6-10-19(28)11-7-17)15-14-21(29)25-20-12-13-22(30-2)26-23(20)31-3/h4-13,27-28H,14-15H2,1-3H3,(H,25,29). The first-order chi connectivity index (χ1) is 14.9. The summed E-state index contributed by atoms with van der Waals surface area (Å²) in [5, 5.41) is 22.2. The van der Waals surface area contributed by atoms with E-state index in [9.17, 15) is 15.0 Å². The smallest absolute Gasteiger partial charge is 0.240 e. The van der Waals surface area contributed by atoms with Crippen LogP contribution in [0, 0.1) is 0 Å². The quantitative estimate of drug-likeness (QED) is 0.502. The van der Waals surface area contributed by atoms with Crippen LogP contribution in [0.15, 0.2) is 60.7 Å². The molecule has 7 heteroatoms. The van der Waals surface area contributed by atoms with E-state index >= 15 is 0 Å². The summed E-state index contributed by atoms with van der Waals surface area (Å²) in [6.07, 6.45) is 0.730. The lowest BCUT2D eigenvalue weighted by Crippen LogP contribution is -2.26. The van der Waals surface area contributed by atoms with Gasteiger partial charge in [0, 0.05) is 17.9 Å². The lowest BCUT2D eigenvalue weighted by Gasteiger charge is -2.31. The van der Waals surface area contributed by atoms with Crippen LogP contribution in [0.1, 0.15) is 30.9 Å². The number of phenols is 2. The Bertz CT molecular complexity index is 987. The fraction of sp³-hybridized carbons (Fsp3) is 0.250. The van der Waals surface area contributed by atoms with Crippen LogP contribution in [0.4, 0.5) is 5.69 Å². The molecule has 0 radical (unpaired) electrons. The van der Waals surface area contributed by atoms with E-state index in [2.05, 4.69) is 10.3 Å². The lowest BCUT2D eigenvalue weighted by atomic mass is 9.73. The number of carbonyl (C=O) groups is 1. The highest BCUT2D eigenvalue weighted by Crippen LogP contribution is 2.38. The van der Waals surface area contributed by atoms with Crippen molar-refractivity contribution < 1.29 is 24.5 Å². The number of carbonyl (C=O) groups excluding carboxylic acids is 1. The Balaban J connectivity index is 1.81. The van der Waals surface area contributed by atoms with Crippen molar-refractivity contribution in [2.75, 3.05) is 19.5 Å². The maximum Gasteiger partial charge on any atom is 0.240 e. The number of aromatic hydroxyl groups is 2. The maximum absolute atomic E-state index is 12.7. The Kier molecular flexibility index (Phi) is 6.65. The summed E-state index contributed by atoms with van der Waals surface area (Å²) in [6.45, 7) is 2.04. The Morgan fingerprint density at radius 2 is 1.45 bits per heavy atom. The van der Waals surface area contributed by atoms with Crippen molar-refractivity contribution >= 4 is 11.6 Å². The van der Waals surface area contributed by atoms with Gasteiger partial charge in [0.2, 0.25) is 17.7 Å². The second kappa shape index (κ2) is 9.38. The van der Waals surface area contributed by atoms with E-state index in [-0.39, 0.29) is 29.7 Å². The number of phenolic OH excluding ortho intramolecular Hbond substituents is 2. The zero-order valence-electron chi connectivity index (χ0n) is 17.8. The Labute approximate surface area is 181 Å². The summed E-state index contributed by atoms with van der Waals surface area (Å²) in [6, 6.07) is 17.2. The average molecular weight is 422 g/mol. The van der Waals surface area contributed by atoms with Crippen molar-refractivity contribution in [3.63, 3.8) is 0 Å². The highest BCUT2D eigenvalue weighted by Gasteiger charge is 2.30. The molecule has 2 aromatic carbocycles. The Morgan fingerprint density at radius 1 is 0.903 bits per heavy atom. The number of amides is 1. The molecule has 0 fully saturated rings. The van der Waals surface area contributed by atoms with E-state index < -0.39 is 5.41 Å². The minimum Gasteiger partial charge on any atom is -0.508 e. The van der Waals surface area contributed by atoms with Gasteiger partial charge < -0.3 is 25.0 Å². The number of ether oxygens (including phenoxy) is 2. The van der Waals surface area contributed by atoms with Gasteiger partial charge in [0.15, 0.2) is 0 Å². The molecule has 3 N–H and O–H groups in total. The van der Waals surface area contributed by atoms with Crippen LogP contribution in [0.2, 0.25) is 0 Å². The van der Waals surface area contributed by atoms with E-state index in [1.54, 1.807) is 36.4 Å². The molecular formula is C24H26N2O5.